The van der Waals surface area contributed by atoms with Gasteiger partial charge in [0.25, 0.3) is 0 Å². The predicted molar refractivity (Wildman–Crippen MR) is 147 cm³/mol. The van der Waals surface area contributed by atoms with Crippen LogP contribution >= 0.6 is 27.5 Å². The summed E-state index contributed by atoms with van der Waals surface area (Å²) >= 11 is 9.32. The predicted octanol–water partition coefficient (Wildman–Crippen LogP) is 5.89. The second-order valence-corrected chi connectivity index (χ2v) is 11.2. The lowest BCUT2D eigenvalue weighted by atomic mass is 10.2. The molecule has 3 N–H and O–H groups in total. The molecule has 0 fully saturated rings. The number of imidazole rings is 1. The number of aromatic nitrogens is 2. The fraction of sp³-hybridized carbons (Fsp3) is 0.154. The highest BCUT2D eigenvalue weighted by Crippen LogP contribution is 2.29. The molecule has 0 aliphatic carbocycles. The Morgan fingerprint density at radius 2 is 1.82 bits per heavy atom. The van der Waals surface area contributed by atoms with E-state index in [9.17, 15) is 17.6 Å². The molecule has 198 valence electrons. The average molecular weight is 622 g/mol. The van der Waals surface area contributed by atoms with Gasteiger partial charge in [-0.2, -0.15) is 0 Å². The Labute approximate surface area is 232 Å². The molecule has 0 atom stereocenters. The molecule has 8 nitrogen and oxygen atoms in total. The van der Waals surface area contributed by atoms with Gasteiger partial charge in [0.15, 0.2) is 0 Å². The molecule has 4 rings (SSSR count). The van der Waals surface area contributed by atoms with Crippen LogP contribution < -0.4 is 10.0 Å². The van der Waals surface area contributed by atoms with E-state index in [0.717, 1.165) is 5.56 Å². The second kappa shape index (κ2) is 12.5. The Kier molecular flexibility index (Phi) is 9.16. The topological polar surface area (TPSA) is 113 Å². The van der Waals surface area contributed by atoms with Gasteiger partial charge in [-0.05, 0) is 58.2 Å². The number of amides is 1. The van der Waals surface area contributed by atoms with E-state index in [0.29, 0.717) is 33.5 Å². The lowest BCUT2D eigenvalue weighted by Crippen LogP contribution is -2.30. The van der Waals surface area contributed by atoms with Crippen molar-refractivity contribution >= 4 is 43.6 Å². The first kappa shape index (κ1) is 27.8. The monoisotopic (exact) mass is 620 g/mol. The number of alkyl carbamates (subject to hydrolysis) is 1. The SMILES string of the molecule is O=C(NCCCNS(=O)(=O)c1cc(-c2ncc(-c3ccc(Br)c(F)c3)[nH]2)ccc1Cl)OCc1ccccc1. The maximum Gasteiger partial charge on any atom is 0.407 e. The van der Waals surface area contributed by atoms with E-state index in [1.54, 1.807) is 18.2 Å². The van der Waals surface area contributed by atoms with E-state index in [-0.39, 0.29) is 29.6 Å². The normalized spacial score (nSPS) is 11.3. The van der Waals surface area contributed by atoms with E-state index in [1.807, 2.05) is 30.3 Å². The van der Waals surface area contributed by atoms with E-state index < -0.39 is 21.9 Å². The fourth-order valence-electron chi connectivity index (χ4n) is 3.47. The molecule has 3 aromatic carbocycles. The molecular formula is C26H23BrClFN4O4S. The molecule has 4 aromatic rings. The summed E-state index contributed by atoms with van der Waals surface area (Å²) in [6, 6.07) is 18.5. The van der Waals surface area contributed by atoms with Crippen LogP contribution in [0.15, 0.2) is 82.3 Å². The summed E-state index contributed by atoms with van der Waals surface area (Å²) in [5.41, 5.74) is 2.51. The van der Waals surface area contributed by atoms with Crippen LogP contribution in [0.4, 0.5) is 9.18 Å². The number of aromatic amines is 1. The van der Waals surface area contributed by atoms with Gasteiger partial charge in [-0.15, -0.1) is 0 Å². The standard InChI is InChI=1S/C26H23BrClFN4O4S/c27-20-9-7-18(13-22(20)29)23-15-31-25(33-23)19-8-10-21(28)24(14-19)38(35,36)32-12-4-11-30-26(34)37-16-17-5-2-1-3-6-17/h1-3,5-10,13-15,32H,4,11-12,16H2,(H,30,34)(H,31,33). The smallest absolute Gasteiger partial charge is 0.407 e. The molecule has 0 aliphatic heterocycles. The van der Waals surface area contributed by atoms with Crippen LogP contribution in [0, 0.1) is 5.82 Å². The quantitative estimate of drug-likeness (QED) is 0.191. The van der Waals surface area contributed by atoms with Crippen LogP contribution in [0.2, 0.25) is 5.02 Å². The third kappa shape index (κ3) is 7.19. The van der Waals surface area contributed by atoms with Crippen LogP contribution in [0.3, 0.4) is 0 Å². The highest BCUT2D eigenvalue weighted by Gasteiger charge is 2.19. The molecule has 0 radical (unpaired) electrons. The Hall–Kier alpha value is -3.25. The maximum absolute atomic E-state index is 13.9. The first-order chi connectivity index (χ1) is 18.2. The van der Waals surface area contributed by atoms with Crippen molar-refractivity contribution in [2.45, 2.75) is 17.9 Å². The number of hydrogen-bond donors (Lipinski definition) is 3. The molecule has 0 unspecified atom stereocenters. The summed E-state index contributed by atoms with van der Waals surface area (Å²) in [5, 5.41) is 2.63. The number of ether oxygens (including phenoxy) is 1. The Morgan fingerprint density at radius 1 is 1.05 bits per heavy atom. The zero-order chi connectivity index (χ0) is 27.1. The molecule has 1 heterocycles. The minimum absolute atomic E-state index is 0.0469. The van der Waals surface area contributed by atoms with Gasteiger partial charge in [0, 0.05) is 24.2 Å². The van der Waals surface area contributed by atoms with Crippen molar-refractivity contribution in [1.29, 1.82) is 0 Å². The third-order valence-electron chi connectivity index (χ3n) is 5.43. The Balaban J connectivity index is 1.33. The molecule has 0 spiro atoms. The minimum atomic E-state index is -3.95. The van der Waals surface area contributed by atoms with Gasteiger partial charge < -0.3 is 15.0 Å². The van der Waals surface area contributed by atoms with Gasteiger partial charge in [-0.25, -0.2) is 27.3 Å². The van der Waals surface area contributed by atoms with E-state index in [1.165, 1.54) is 24.4 Å². The molecular weight excluding hydrogens is 599 g/mol. The zero-order valence-electron chi connectivity index (χ0n) is 19.9. The van der Waals surface area contributed by atoms with E-state index in [2.05, 4.69) is 35.9 Å². The van der Waals surface area contributed by atoms with Crippen molar-refractivity contribution in [3.8, 4) is 22.6 Å². The molecule has 38 heavy (non-hydrogen) atoms. The van der Waals surface area contributed by atoms with Crippen molar-refractivity contribution in [2.75, 3.05) is 13.1 Å². The summed E-state index contributed by atoms with van der Waals surface area (Å²) in [6.07, 6.45) is 1.29. The lowest BCUT2D eigenvalue weighted by molar-refractivity contribution is 0.139. The van der Waals surface area contributed by atoms with Crippen molar-refractivity contribution in [3.63, 3.8) is 0 Å². The Bertz CT molecular complexity index is 1530. The summed E-state index contributed by atoms with van der Waals surface area (Å²) in [6.45, 7) is 0.433. The molecule has 1 aromatic heterocycles. The number of halogens is 3. The van der Waals surface area contributed by atoms with Gasteiger partial charge in [-0.3, -0.25) is 0 Å². The molecule has 0 saturated heterocycles. The molecule has 12 heteroatoms. The van der Waals surface area contributed by atoms with Gasteiger partial charge >= 0.3 is 6.09 Å². The number of nitrogens with zero attached hydrogens (tertiary/aromatic N) is 1. The van der Waals surface area contributed by atoms with Crippen molar-refractivity contribution in [3.05, 3.63) is 93.8 Å². The van der Waals surface area contributed by atoms with Crippen molar-refractivity contribution in [2.24, 2.45) is 0 Å². The van der Waals surface area contributed by atoms with Crippen LogP contribution in [0.5, 0.6) is 0 Å². The first-order valence-corrected chi connectivity index (χ1v) is 14.1. The van der Waals surface area contributed by atoms with Crippen LogP contribution in [-0.2, 0) is 21.4 Å². The van der Waals surface area contributed by atoms with Crippen LogP contribution in [-0.4, -0.2) is 37.6 Å². The minimum Gasteiger partial charge on any atom is -0.445 e. The average Bonchev–Trinajstić information content (AvgIpc) is 3.40. The Morgan fingerprint density at radius 3 is 2.58 bits per heavy atom. The first-order valence-electron chi connectivity index (χ1n) is 11.5. The summed E-state index contributed by atoms with van der Waals surface area (Å²) in [5.74, 6) is -0.0152. The number of sulfonamides is 1. The number of rotatable bonds is 10. The number of carbonyl (C=O) groups excluding carboxylic acids is 1. The second-order valence-electron chi connectivity index (χ2n) is 8.16. The summed E-state index contributed by atoms with van der Waals surface area (Å²) in [7, 11) is -3.95. The largest absolute Gasteiger partial charge is 0.445 e. The highest BCUT2D eigenvalue weighted by molar-refractivity contribution is 9.10. The van der Waals surface area contributed by atoms with Crippen LogP contribution in [0.1, 0.15) is 12.0 Å². The molecule has 0 bridgehead atoms. The number of benzene rings is 3. The number of carbonyl (C=O) groups is 1. The third-order valence-corrected chi connectivity index (χ3v) is 8.01. The summed E-state index contributed by atoms with van der Waals surface area (Å²) < 4.78 is 47.7. The van der Waals surface area contributed by atoms with Gasteiger partial charge in [-0.1, -0.05) is 48.0 Å². The van der Waals surface area contributed by atoms with Gasteiger partial charge in [0.05, 0.1) is 21.4 Å². The number of H-pyrrole nitrogens is 1. The number of hydrogen-bond acceptors (Lipinski definition) is 5. The summed E-state index contributed by atoms with van der Waals surface area (Å²) in [4.78, 5) is 19.1. The highest BCUT2D eigenvalue weighted by atomic mass is 79.9. The van der Waals surface area contributed by atoms with E-state index in [4.69, 9.17) is 16.3 Å². The van der Waals surface area contributed by atoms with Gasteiger partial charge in [0.1, 0.15) is 23.1 Å². The van der Waals surface area contributed by atoms with Crippen LogP contribution in [0.25, 0.3) is 22.6 Å². The fourth-order valence-corrected chi connectivity index (χ4v) is 5.32. The zero-order valence-corrected chi connectivity index (χ0v) is 23.0. The molecule has 0 saturated carbocycles. The van der Waals surface area contributed by atoms with E-state index >= 15 is 0 Å². The molecule has 1 amide bonds. The van der Waals surface area contributed by atoms with Gasteiger partial charge in [0.2, 0.25) is 10.0 Å². The molecule has 0 aliphatic rings. The number of nitrogens with one attached hydrogen (secondary N) is 3. The van der Waals surface area contributed by atoms with Crippen molar-refractivity contribution in [1.82, 2.24) is 20.0 Å². The lowest BCUT2D eigenvalue weighted by Gasteiger charge is -2.10. The maximum atomic E-state index is 13.9. The van der Waals surface area contributed by atoms with Crippen molar-refractivity contribution < 1.29 is 22.3 Å².